The van der Waals surface area contributed by atoms with Crippen LogP contribution in [0.15, 0.2) is 54.6 Å². The van der Waals surface area contributed by atoms with E-state index in [1.165, 1.54) is 16.7 Å². The molecule has 0 radical (unpaired) electrons. The van der Waals surface area contributed by atoms with Crippen LogP contribution in [0.25, 0.3) is 0 Å². The van der Waals surface area contributed by atoms with Gasteiger partial charge in [0, 0.05) is 26.2 Å². The summed E-state index contributed by atoms with van der Waals surface area (Å²) < 4.78 is 5.47. The summed E-state index contributed by atoms with van der Waals surface area (Å²) in [5.41, 5.74) is 3.74. The minimum Gasteiger partial charge on any atom is -0.379 e. The molecule has 0 saturated carbocycles. The lowest BCUT2D eigenvalue weighted by Gasteiger charge is -2.31. The van der Waals surface area contributed by atoms with Gasteiger partial charge in [-0.2, -0.15) is 0 Å². The number of thiocarbonyl (C=S) groups is 1. The Bertz CT molecular complexity index is 684. The van der Waals surface area contributed by atoms with Crippen molar-refractivity contribution in [3.8, 4) is 0 Å². The first kappa shape index (κ1) is 18.8. The molecule has 26 heavy (non-hydrogen) atoms. The molecular formula is C21H27N3OS. The van der Waals surface area contributed by atoms with E-state index >= 15 is 0 Å². The topological polar surface area (TPSA) is 36.5 Å². The van der Waals surface area contributed by atoms with Crippen LogP contribution in [0.2, 0.25) is 0 Å². The van der Waals surface area contributed by atoms with Gasteiger partial charge in [-0.15, -0.1) is 0 Å². The second-order valence-corrected chi connectivity index (χ2v) is 7.10. The normalized spacial score (nSPS) is 16.0. The van der Waals surface area contributed by atoms with Gasteiger partial charge in [-0.05, 0) is 30.3 Å². The number of aryl methyl sites for hydroxylation is 1. The fourth-order valence-electron chi connectivity index (χ4n) is 3.06. The van der Waals surface area contributed by atoms with Gasteiger partial charge in [0.1, 0.15) is 0 Å². The van der Waals surface area contributed by atoms with Crippen LogP contribution in [-0.2, 0) is 11.3 Å². The predicted octanol–water partition coefficient (Wildman–Crippen LogP) is 3.03. The van der Waals surface area contributed by atoms with Crippen LogP contribution in [-0.4, -0.2) is 42.9 Å². The molecule has 3 rings (SSSR count). The van der Waals surface area contributed by atoms with Gasteiger partial charge < -0.3 is 15.4 Å². The highest BCUT2D eigenvalue weighted by atomic mass is 32.1. The third kappa shape index (κ3) is 5.80. The second kappa shape index (κ2) is 9.67. The summed E-state index contributed by atoms with van der Waals surface area (Å²) >= 11 is 5.56. The van der Waals surface area contributed by atoms with Crippen LogP contribution < -0.4 is 10.6 Å². The standard InChI is InChI=1S/C21H27N3OS/c1-17-7-9-19(10-8-17)20(16-24-11-13-25-14-12-24)23-21(26)22-15-18-5-3-2-4-6-18/h2-10,20H,11-16H2,1H3,(H2,22,23,26)/t20-/m1/s1. The highest BCUT2D eigenvalue weighted by molar-refractivity contribution is 7.80. The van der Waals surface area contributed by atoms with Gasteiger partial charge in [0.2, 0.25) is 0 Å². The first-order valence-electron chi connectivity index (χ1n) is 9.15. The quantitative estimate of drug-likeness (QED) is 0.766. The van der Waals surface area contributed by atoms with E-state index in [-0.39, 0.29) is 6.04 Å². The molecule has 0 bridgehead atoms. The number of hydrogen-bond donors (Lipinski definition) is 2. The zero-order chi connectivity index (χ0) is 18.2. The van der Waals surface area contributed by atoms with Crippen molar-refractivity contribution >= 4 is 17.3 Å². The first-order chi connectivity index (χ1) is 12.7. The van der Waals surface area contributed by atoms with Gasteiger partial charge in [-0.3, -0.25) is 4.90 Å². The summed E-state index contributed by atoms with van der Waals surface area (Å²) in [6.07, 6.45) is 0. The van der Waals surface area contributed by atoms with Crippen LogP contribution in [0.1, 0.15) is 22.7 Å². The highest BCUT2D eigenvalue weighted by Crippen LogP contribution is 2.16. The van der Waals surface area contributed by atoms with Crippen molar-refractivity contribution in [1.29, 1.82) is 0 Å². The molecule has 0 aromatic heterocycles. The molecule has 1 saturated heterocycles. The van der Waals surface area contributed by atoms with Crippen LogP contribution in [0.4, 0.5) is 0 Å². The molecule has 1 atom stereocenters. The number of nitrogens with zero attached hydrogens (tertiary/aromatic N) is 1. The molecule has 0 spiro atoms. The lowest BCUT2D eigenvalue weighted by molar-refractivity contribution is 0.0343. The molecule has 138 valence electrons. The Balaban J connectivity index is 1.62. The zero-order valence-corrected chi connectivity index (χ0v) is 16.1. The van der Waals surface area contributed by atoms with Crippen LogP contribution in [0, 0.1) is 6.92 Å². The fraction of sp³-hybridized carbons (Fsp3) is 0.381. The second-order valence-electron chi connectivity index (χ2n) is 6.69. The summed E-state index contributed by atoms with van der Waals surface area (Å²) in [6, 6.07) is 19.2. The molecule has 2 N–H and O–H groups in total. The largest absolute Gasteiger partial charge is 0.379 e. The molecule has 0 aliphatic carbocycles. The lowest BCUT2D eigenvalue weighted by Crippen LogP contribution is -2.45. The smallest absolute Gasteiger partial charge is 0.167 e. The maximum Gasteiger partial charge on any atom is 0.167 e. The minimum absolute atomic E-state index is 0.157. The van der Waals surface area contributed by atoms with E-state index in [0.29, 0.717) is 5.11 Å². The highest BCUT2D eigenvalue weighted by Gasteiger charge is 2.19. The number of hydrogen-bond acceptors (Lipinski definition) is 3. The van der Waals surface area contributed by atoms with Crippen molar-refractivity contribution in [2.24, 2.45) is 0 Å². The van der Waals surface area contributed by atoms with Gasteiger partial charge in [0.15, 0.2) is 5.11 Å². The SMILES string of the molecule is Cc1ccc([C@@H](CN2CCOCC2)NC(=S)NCc2ccccc2)cc1. The number of ether oxygens (including phenoxy) is 1. The molecule has 4 nitrogen and oxygen atoms in total. The molecule has 2 aromatic carbocycles. The number of morpholine rings is 1. The number of rotatable bonds is 6. The van der Waals surface area contributed by atoms with E-state index in [4.69, 9.17) is 17.0 Å². The maximum absolute atomic E-state index is 5.56. The van der Waals surface area contributed by atoms with E-state index in [9.17, 15) is 0 Å². The molecule has 5 heteroatoms. The Morgan fingerprint density at radius 1 is 1.08 bits per heavy atom. The number of nitrogens with one attached hydrogen (secondary N) is 2. The third-order valence-electron chi connectivity index (χ3n) is 4.63. The molecule has 0 amide bonds. The Kier molecular flexibility index (Phi) is 7.00. The van der Waals surface area contributed by atoms with Crippen molar-refractivity contribution in [1.82, 2.24) is 15.5 Å². The van der Waals surface area contributed by atoms with E-state index in [1.807, 2.05) is 18.2 Å². The zero-order valence-electron chi connectivity index (χ0n) is 15.3. The van der Waals surface area contributed by atoms with Crippen molar-refractivity contribution < 1.29 is 4.74 Å². The van der Waals surface area contributed by atoms with E-state index in [1.54, 1.807) is 0 Å². The summed E-state index contributed by atoms with van der Waals surface area (Å²) in [4.78, 5) is 2.43. The summed E-state index contributed by atoms with van der Waals surface area (Å²) in [5.74, 6) is 0. The Hall–Kier alpha value is -1.95. The van der Waals surface area contributed by atoms with E-state index < -0.39 is 0 Å². The van der Waals surface area contributed by atoms with Crippen molar-refractivity contribution in [2.45, 2.75) is 19.5 Å². The molecule has 1 fully saturated rings. The first-order valence-corrected chi connectivity index (χ1v) is 9.56. The van der Waals surface area contributed by atoms with Crippen LogP contribution >= 0.6 is 12.2 Å². The average molecular weight is 370 g/mol. The molecule has 1 heterocycles. The van der Waals surface area contributed by atoms with Gasteiger partial charge in [-0.1, -0.05) is 60.2 Å². The monoisotopic (exact) mass is 369 g/mol. The van der Waals surface area contributed by atoms with Gasteiger partial charge >= 0.3 is 0 Å². The average Bonchev–Trinajstić information content (AvgIpc) is 2.68. The maximum atomic E-state index is 5.56. The minimum atomic E-state index is 0.157. The van der Waals surface area contributed by atoms with Gasteiger partial charge in [-0.25, -0.2) is 0 Å². The van der Waals surface area contributed by atoms with Gasteiger partial charge in [0.25, 0.3) is 0 Å². The third-order valence-corrected chi connectivity index (χ3v) is 4.89. The molecule has 1 aliphatic heterocycles. The Morgan fingerprint density at radius 2 is 1.77 bits per heavy atom. The molecule has 2 aromatic rings. The van der Waals surface area contributed by atoms with Crippen molar-refractivity contribution in [3.05, 3.63) is 71.3 Å². The summed E-state index contributed by atoms with van der Waals surface area (Å²) in [5, 5.41) is 7.52. The lowest BCUT2D eigenvalue weighted by atomic mass is 10.0. The molecule has 0 unspecified atom stereocenters. The van der Waals surface area contributed by atoms with Gasteiger partial charge in [0.05, 0.1) is 19.3 Å². The fourth-order valence-corrected chi connectivity index (χ4v) is 3.28. The molecule has 1 aliphatic rings. The number of benzene rings is 2. The van der Waals surface area contributed by atoms with E-state index in [2.05, 4.69) is 58.9 Å². The van der Waals surface area contributed by atoms with E-state index in [0.717, 1.165) is 39.4 Å². The molecular weight excluding hydrogens is 342 g/mol. The Labute approximate surface area is 161 Å². The predicted molar refractivity (Wildman–Crippen MR) is 110 cm³/mol. The summed E-state index contributed by atoms with van der Waals surface area (Å²) in [7, 11) is 0. The summed E-state index contributed by atoms with van der Waals surface area (Å²) in [6.45, 7) is 7.29. The van der Waals surface area contributed by atoms with Crippen molar-refractivity contribution in [3.63, 3.8) is 0 Å². The van der Waals surface area contributed by atoms with Crippen LogP contribution in [0.5, 0.6) is 0 Å². The Morgan fingerprint density at radius 3 is 2.46 bits per heavy atom. The van der Waals surface area contributed by atoms with Crippen molar-refractivity contribution in [2.75, 3.05) is 32.8 Å². The van der Waals surface area contributed by atoms with Crippen LogP contribution in [0.3, 0.4) is 0 Å².